The molecule has 1 amide bonds. The van der Waals surface area contributed by atoms with Crippen molar-refractivity contribution in [2.75, 3.05) is 7.11 Å². The zero-order valence-corrected chi connectivity index (χ0v) is 12.8. The lowest BCUT2D eigenvalue weighted by Crippen LogP contribution is -2.53. The lowest BCUT2D eigenvalue weighted by molar-refractivity contribution is -0.143. The molecule has 0 aromatic carbocycles. The second-order valence-electron chi connectivity index (χ2n) is 5.60. The Balaban J connectivity index is 4.61. The number of nitrogens with two attached hydrogens (primary N) is 1. The van der Waals surface area contributed by atoms with Crippen LogP contribution >= 0.6 is 0 Å². The second-order valence-corrected chi connectivity index (χ2v) is 5.60. The number of methoxy groups -OCH3 is 1. The van der Waals surface area contributed by atoms with Gasteiger partial charge < -0.3 is 25.6 Å². The van der Waals surface area contributed by atoms with Gasteiger partial charge in [-0.15, -0.1) is 0 Å². The van der Waals surface area contributed by atoms with Crippen LogP contribution in [0.25, 0.3) is 0 Å². The molecule has 4 N–H and O–H groups in total. The Morgan fingerprint density at radius 3 is 2.29 bits per heavy atom. The van der Waals surface area contributed by atoms with E-state index in [0.29, 0.717) is 6.42 Å². The van der Waals surface area contributed by atoms with Gasteiger partial charge in [0.15, 0.2) is 0 Å². The van der Waals surface area contributed by atoms with E-state index in [2.05, 4.69) is 10.1 Å². The lowest BCUT2D eigenvalue weighted by atomic mass is 10.0. The minimum atomic E-state index is -1.08. The summed E-state index contributed by atoms with van der Waals surface area (Å²) in [4.78, 5) is 33.8. The first-order valence-electron chi connectivity index (χ1n) is 6.61. The van der Waals surface area contributed by atoms with Gasteiger partial charge in [-0.25, -0.2) is 9.59 Å². The summed E-state index contributed by atoms with van der Waals surface area (Å²) in [5.41, 5.74) is 5.12. The van der Waals surface area contributed by atoms with Gasteiger partial charge in [0.2, 0.25) is 0 Å². The number of rotatable bonds is 7. The van der Waals surface area contributed by atoms with E-state index in [1.807, 2.05) is 0 Å². The molecule has 8 nitrogen and oxygen atoms in total. The van der Waals surface area contributed by atoms with Gasteiger partial charge in [-0.05, 0) is 33.6 Å². The number of carbonyl (C=O) groups excluding carboxylic acids is 2. The van der Waals surface area contributed by atoms with E-state index in [1.54, 1.807) is 20.8 Å². The van der Waals surface area contributed by atoms with Gasteiger partial charge in [-0.2, -0.15) is 0 Å². The Morgan fingerprint density at radius 2 is 1.86 bits per heavy atom. The number of aliphatic carboxylic acids is 1. The normalized spacial score (nSPS) is 14.0. The van der Waals surface area contributed by atoms with Gasteiger partial charge >= 0.3 is 18.0 Å². The Labute approximate surface area is 124 Å². The molecule has 0 aliphatic heterocycles. The molecule has 0 heterocycles. The molecule has 0 aromatic heterocycles. The lowest BCUT2D eigenvalue weighted by Gasteiger charge is -2.25. The minimum Gasteiger partial charge on any atom is -0.481 e. The Hall–Kier alpha value is -1.83. The van der Waals surface area contributed by atoms with Crippen LogP contribution in [0.5, 0.6) is 0 Å². The predicted molar refractivity (Wildman–Crippen MR) is 74.6 cm³/mol. The molecule has 0 aromatic rings. The summed E-state index contributed by atoms with van der Waals surface area (Å²) in [6.45, 7) is 5.06. The second kappa shape index (κ2) is 8.46. The average molecular weight is 304 g/mol. The molecule has 0 spiro atoms. The number of carboxylic acids is 1. The Kier molecular flexibility index (Phi) is 7.72. The van der Waals surface area contributed by atoms with Gasteiger partial charge in [0.05, 0.1) is 7.11 Å². The molecule has 0 saturated heterocycles. The number of alkyl carbamates (subject to hydrolysis) is 1. The molecule has 0 fully saturated rings. The number of hydrogen-bond donors (Lipinski definition) is 3. The standard InChI is InChI=1S/C13H24N2O6/c1-13(2,3)21-12(19)15-10(11(18)20-4)8(14)6-5-7-9(16)17/h8,10H,5-7,14H2,1-4H3,(H,15,19)(H,16,17)/t8-,10+/m0/s1. The molecule has 0 unspecified atom stereocenters. The molecule has 122 valence electrons. The van der Waals surface area contributed by atoms with E-state index >= 15 is 0 Å². The summed E-state index contributed by atoms with van der Waals surface area (Å²) in [5, 5.41) is 10.9. The van der Waals surface area contributed by atoms with Gasteiger partial charge in [0.25, 0.3) is 0 Å². The van der Waals surface area contributed by atoms with Gasteiger partial charge in [0, 0.05) is 12.5 Å². The highest BCUT2D eigenvalue weighted by molar-refractivity contribution is 5.82. The topological polar surface area (TPSA) is 128 Å². The fraction of sp³-hybridized carbons (Fsp3) is 0.769. The highest BCUT2D eigenvalue weighted by Gasteiger charge is 2.30. The van der Waals surface area contributed by atoms with Crippen molar-refractivity contribution >= 4 is 18.0 Å². The third kappa shape index (κ3) is 8.85. The van der Waals surface area contributed by atoms with Crippen LogP contribution in [0.3, 0.4) is 0 Å². The quantitative estimate of drug-likeness (QED) is 0.588. The fourth-order valence-electron chi connectivity index (χ4n) is 1.56. The molecule has 0 radical (unpaired) electrons. The maximum atomic E-state index is 11.7. The molecule has 0 aliphatic rings. The van der Waals surface area contributed by atoms with E-state index in [9.17, 15) is 14.4 Å². The zero-order chi connectivity index (χ0) is 16.6. The minimum absolute atomic E-state index is 0.0615. The van der Waals surface area contributed by atoms with Crippen molar-refractivity contribution < 1.29 is 29.0 Å². The summed E-state index contributed by atoms with van der Waals surface area (Å²) >= 11 is 0. The van der Waals surface area contributed by atoms with E-state index in [-0.39, 0.29) is 12.8 Å². The van der Waals surface area contributed by atoms with Crippen molar-refractivity contribution in [1.82, 2.24) is 5.32 Å². The molecule has 0 aliphatic carbocycles. The first-order valence-corrected chi connectivity index (χ1v) is 6.61. The first-order chi connectivity index (χ1) is 9.56. The van der Waals surface area contributed by atoms with Crippen LogP contribution in [-0.2, 0) is 19.1 Å². The largest absolute Gasteiger partial charge is 0.481 e. The summed E-state index contributed by atoms with van der Waals surface area (Å²) in [7, 11) is 1.18. The van der Waals surface area contributed by atoms with E-state index in [4.69, 9.17) is 15.6 Å². The molecule has 21 heavy (non-hydrogen) atoms. The monoisotopic (exact) mass is 304 g/mol. The maximum Gasteiger partial charge on any atom is 0.408 e. The smallest absolute Gasteiger partial charge is 0.408 e. The van der Waals surface area contributed by atoms with Gasteiger partial charge in [-0.1, -0.05) is 0 Å². The Bertz CT molecular complexity index is 377. The summed E-state index contributed by atoms with van der Waals surface area (Å²) in [6.07, 6.45) is -0.304. The van der Waals surface area contributed by atoms with E-state index < -0.39 is 35.7 Å². The molecule has 8 heteroatoms. The van der Waals surface area contributed by atoms with Crippen LogP contribution in [0, 0.1) is 0 Å². The number of nitrogens with one attached hydrogen (secondary N) is 1. The number of carboxylic acid groups (broad SMARTS) is 1. The molecule has 0 saturated carbocycles. The van der Waals surface area contributed by atoms with Crippen molar-refractivity contribution in [3.63, 3.8) is 0 Å². The highest BCUT2D eigenvalue weighted by Crippen LogP contribution is 2.09. The van der Waals surface area contributed by atoms with Gasteiger partial charge in [-0.3, -0.25) is 4.79 Å². The number of ether oxygens (including phenoxy) is 2. The zero-order valence-electron chi connectivity index (χ0n) is 12.8. The average Bonchev–Trinajstić information content (AvgIpc) is 2.32. The van der Waals surface area contributed by atoms with Gasteiger partial charge in [0.1, 0.15) is 11.6 Å². The van der Waals surface area contributed by atoms with E-state index in [0.717, 1.165) is 0 Å². The summed E-state index contributed by atoms with van der Waals surface area (Å²) in [5.74, 6) is -1.65. The van der Waals surface area contributed by atoms with Crippen molar-refractivity contribution in [1.29, 1.82) is 0 Å². The van der Waals surface area contributed by atoms with Crippen molar-refractivity contribution in [3.05, 3.63) is 0 Å². The Morgan fingerprint density at radius 1 is 1.29 bits per heavy atom. The van der Waals surface area contributed by atoms with Crippen LogP contribution < -0.4 is 11.1 Å². The fourth-order valence-corrected chi connectivity index (χ4v) is 1.56. The van der Waals surface area contributed by atoms with Crippen LogP contribution in [0.2, 0.25) is 0 Å². The molecular weight excluding hydrogens is 280 g/mol. The van der Waals surface area contributed by atoms with Crippen molar-refractivity contribution in [2.24, 2.45) is 5.73 Å². The summed E-state index contributed by atoms with van der Waals surface area (Å²) < 4.78 is 9.63. The van der Waals surface area contributed by atoms with Crippen LogP contribution in [-0.4, -0.2) is 47.9 Å². The summed E-state index contributed by atoms with van der Waals surface area (Å²) in [6, 6.07) is -1.84. The number of amides is 1. The number of esters is 1. The van der Waals surface area contributed by atoms with Crippen molar-refractivity contribution in [2.45, 2.75) is 57.7 Å². The number of hydrogen-bond acceptors (Lipinski definition) is 6. The first kappa shape index (κ1) is 19.2. The van der Waals surface area contributed by atoms with E-state index in [1.165, 1.54) is 7.11 Å². The molecular formula is C13H24N2O6. The van der Waals surface area contributed by atoms with Crippen LogP contribution in [0.15, 0.2) is 0 Å². The van der Waals surface area contributed by atoms with Crippen LogP contribution in [0.4, 0.5) is 4.79 Å². The molecule has 0 bridgehead atoms. The maximum absolute atomic E-state index is 11.7. The third-order valence-electron chi connectivity index (χ3n) is 2.48. The third-order valence-corrected chi connectivity index (χ3v) is 2.48. The SMILES string of the molecule is COC(=O)[C@H](NC(=O)OC(C)(C)C)[C@@H](N)CCCC(=O)O. The highest BCUT2D eigenvalue weighted by atomic mass is 16.6. The van der Waals surface area contributed by atoms with Crippen LogP contribution in [0.1, 0.15) is 40.0 Å². The molecule has 2 atom stereocenters. The predicted octanol–water partition coefficient (Wildman–Crippen LogP) is 0.635. The number of carbonyl (C=O) groups is 3. The molecule has 0 rings (SSSR count). The van der Waals surface area contributed by atoms with Crippen molar-refractivity contribution in [3.8, 4) is 0 Å².